The van der Waals surface area contributed by atoms with Gasteiger partial charge in [0.25, 0.3) is 0 Å². The summed E-state index contributed by atoms with van der Waals surface area (Å²) >= 11 is 1.79. The van der Waals surface area contributed by atoms with E-state index in [4.69, 9.17) is 15.2 Å². The highest BCUT2D eigenvalue weighted by molar-refractivity contribution is 7.09. The molecule has 0 saturated heterocycles. The van der Waals surface area contributed by atoms with E-state index < -0.39 is 0 Å². The summed E-state index contributed by atoms with van der Waals surface area (Å²) in [6.45, 7) is 11.9. The Balaban J connectivity index is 1.49. The highest BCUT2D eigenvalue weighted by Crippen LogP contribution is 2.33. The Morgan fingerprint density at radius 3 is 2.30 bits per heavy atom. The molecule has 2 aromatic carbocycles. The van der Waals surface area contributed by atoms with Crippen LogP contribution in [0, 0.1) is 0 Å². The van der Waals surface area contributed by atoms with Gasteiger partial charge in [-0.3, -0.25) is 0 Å². The lowest BCUT2D eigenvalue weighted by Crippen LogP contribution is -2.18. The zero-order chi connectivity index (χ0) is 23.4. The molecule has 0 fully saturated rings. The van der Waals surface area contributed by atoms with Crippen LogP contribution in [0.2, 0.25) is 0 Å². The second-order valence-electron chi connectivity index (χ2n) is 9.62. The van der Waals surface area contributed by atoms with Gasteiger partial charge in [0.1, 0.15) is 11.4 Å². The zero-order valence-electron chi connectivity index (χ0n) is 20.4. The molecule has 0 radical (unpaired) electrons. The van der Waals surface area contributed by atoms with E-state index in [2.05, 4.69) is 88.5 Å². The lowest BCUT2D eigenvalue weighted by atomic mass is 9.84. The van der Waals surface area contributed by atoms with Crippen molar-refractivity contribution in [2.24, 2.45) is 0 Å². The summed E-state index contributed by atoms with van der Waals surface area (Å²) in [4.78, 5) is 6.69. The fourth-order valence-corrected chi connectivity index (χ4v) is 5.10. The van der Waals surface area contributed by atoms with Crippen LogP contribution in [0.4, 0.5) is 0 Å². The zero-order valence-corrected chi connectivity index (χ0v) is 21.2. The number of hydrogen-bond acceptors (Lipinski definition) is 4. The molecule has 4 rings (SSSR count). The fourth-order valence-electron chi connectivity index (χ4n) is 4.07. The second-order valence-corrected chi connectivity index (χ2v) is 10.5. The molecule has 2 heterocycles. The predicted octanol–water partition coefficient (Wildman–Crippen LogP) is 7.51. The molecule has 0 amide bonds. The third-order valence-corrected chi connectivity index (χ3v) is 7.31. The van der Waals surface area contributed by atoms with E-state index >= 15 is 0 Å². The van der Waals surface area contributed by atoms with Gasteiger partial charge in [0, 0.05) is 27.8 Å². The van der Waals surface area contributed by atoms with Gasteiger partial charge >= 0.3 is 0 Å². The van der Waals surface area contributed by atoms with E-state index in [1.807, 2.05) is 6.07 Å². The van der Waals surface area contributed by atoms with Crippen LogP contribution in [0.3, 0.4) is 0 Å². The number of aryl methyl sites for hydroxylation is 2. The average Bonchev–Trinajstić information content (AvgIpc) is 3.48. The Hall–Kier alpha value is -2.79. The topological polar surface area (TPSA) is 43.6 Å². The van der Waals surface area contributed by atoms with Crippen molar-refractivity contribution >= 4 is 11.3 Å². The Morgan fingerprint density at radius 2 is 1.64 bits per heavy atom. The first kappa shape index (κ1) is 23.4. The molecule has 0 N–H and O–H groups in total. The third kappa shape index (κ3) is 5.41. The smallest absolute Gasteiger partial charge is 0.121 e. The Bertz CT molecular complexity index is 1190. The van der Waals surface area contributed by atoms with Crippen LogP contribution in [0.25, 0.3) is 22.5 Å². The number of aromatic nitrogens is 4. The summed E-state index contributed by atoms with van der Waals surface area (Å²) in [5, 5.41) is 13.0. The standard InChI is InChI=1S/C28H34N4S/c1-6-32-30-25(22-14-8-7-9-15-22)26(31-32)23-16-10-12-21(18-23)13-11-17-28(4,5)24-19-33-27(29-24)20(2)3/h7-10,12,14-16,18-20H,6,11,13,17H2,1-5H3. The van der Waals surface area contributed by atoms with E-state index in [9.17, 15) is 0 Å². The summed E-state index contributed by atoms with van der Waals surface area (Å²) in [6, 6.07) is 19.1. The van der Waals surface area contributed by atoms with E-state index in [1.165, 1.54) is 16.3 Å². The molecule has 0 atom stereocenters. The van der Waals surface area contributed by atoms with Gasteiger partial charge in [0.05, 0.1) is 17.2 Å². The molecule has 0 bridgehead atoms. The summed E-state index contributed by atoms with van der Waals surface area (Å²) in [5.74, 6) is 0.494. The maximum Gasteiger partial charge on any atom is 0.121 e. The fraction of sp³-hybridized carbons (Fsp3) is 0.393. The summed E-state index contributed by atoms with van der Waals surface area (Å²) in [6.07, 6.45) is 3.28. The van der Waals surface area contributed by atoms with Crippen molar-refractivity contribution in [2.45, 2.75) is 71.8 Å². The van der Waals surface area contributed by atoms with Crippen molar-refractivity contribution in [2.75, 3.05) is 0 Å². The Morgan fingerprint density at radius 1 is 0.939 bits per heavy atom. The van der Waals surface area contributed by atoms with Crippen LogP contribution < -0.4 is 0 Å². The highest BCUT2D eigenvalue weighted by Gasteiger charge is 2.24. The van der Waals surface area contributed by atoms with E-state index in [0.29, 0.717) is 5.92 Å². The van der Waals surface area contributed by atoms with Gasteiger partial charge < -0.3 is 0 Å². The van der Waals surface area contributed by atoms with Crippen molar-refractivity contribution < 1.29 is 0 Å². The predicted molar refractivity (Wildman–Crippen MR) is 139 cm³/mol. The molecule has 4 aromatic rings. The maximum atomic E-state index is 4.91. The van der Waals surface area contributed by atoms with E-state index in [-0.39, 0.29) is 5.41 Å². The quantitative estimate of drug-likeness (QED) is 0.261. The van der Waals surface area contributed by atoms with Crippen LogP contribution in [-0.2, 0) is 18.4 Å². The SMILES string of the molecule is CCn1nc(-c2ccccc2)c(-c2cccc(CCCC(C)(C)c3csc(C(C)C)n3)c2)n1. The monoisotopic (exact) mass is 458 g/mol. The third-order valence-electron chi connectivity index (χ3n) is 6.16. The number of rotatable bonds is 9. The molecule has 33 heavy (non-hydrogen) atoms. The molecule has 0 aliphatic rings. The van der Waals surface area contributed by atoms with Gasteiger partial charge in [0.2, 0.25) is 0 Å². The lowest BCUT2D eigenvalue weighted by Gasteiger charge is -2.22. The minimum Gasteiger partial charge on any atom is -0.245 e. The number of nitrogens with zero attached hydrogens (tertiary/aromatic N) is 4. The molecule has 4 nitrogen and oxygen atoms in total. The summed E-state index contributed by atoms with van der Waals surface area (Å²) < 4.78 is 0. The first-order valence-electron chi connectivity index (χ1n) is 11.9. The molecule has 0 aliphatic carbocycles. The number of thiazole rings is 1. The Labute approximate surface area is 201 Å². The molecular weight excluding hydrogens is 424 g/mol. The lowest BCUT2D eigenvalue weighted by molar-refractivity contribution is 0.449. The van der Waals surface area contributed by atoms with E-state index in [0.717, 1.165) is 48.3 Å². The number of hydrogen-bond donors (Lipinski definition) is 0. The first-order chi connectivity index (χ1) is 15.9. The average molecular weight is 459 g/mol. The minimum atomic E-state index is 0.0888. The van der Waals surface area contributed by atoms with Crippen LogP contribution in [0.15, 0.2) is 60.0 Å². The number of benzene rings is 2. The molecule has 172 valence electrons. The van der Waals surface area contributed by atoms with Gasteiger partial charge in [-0.15, -0.1) is 11.3 Å². The molecule has 0 aliphatic heterocycles. The molecule has 2 aromatic heterocycles. The Kier molecular flexibility index (Phi) is 7.08. The highest BCUT2D eigenvalue weighted by atomic mass is 32.1. The van der Waals surface area contributed by atoms with Gasteiger partial charge in [-0.05, 0) is 37.8 Å². The van der Waals surface area contributed by atoms with Crippen molar-refractivity contribution in [1.29, 1.82) is 0 Å². The molecule has 0 unspecified atom stereocenters. The van der Waals surface area contributed by atoms with Gasteiger partial charge in [-0.25, -0.2) is 4.98 Å². The van der Waals surface area contributed by atoms with Crippen molar-refractivity contribution in [3.05, 3.63) is 76.2 Å². The molecular formula is C28H34N4S. The summed E-state index contributed by atoms with van der Waals surface area (Å²) in [5.41, 5.74) is 6.79. The van der Waals surface area contributed by atoms with Crippen molar-refractivity contribution in [3.8, 4) is 22.5 Å². The maximum absolute atomic E-state index is 4.91. The normalized spacial score (nSPS) is 11.9. The minimum absolute atomic E-state index is 0.0888. The van der Waals surface area contributed by atoms with Crippen LogP contribution in [0.1, 0.15) is 69.6 Å². The van der Waals surface area contributed by atoms with Gasteiger partial charge in [-0.2, -0.15) is 15.0 Å². The van der Waals surface area contributed by atoms with Crippen molar-refractivity contribution in [1.82, 2.24) is 20.0 Å². The van der Waals surface area contributed by atoms with Gasteiger partial charge in [0.15, 0.2) is 0 Å². The van der Waals surface area contributed by atoms with Crippen molar-refractivity contribution in [3.63, 3.8) is 0 Å². The van der Waals surface area contributed by atoms with E-state index in [1.54, 1.807) is 16.1 Å². The largest absolute Gasteiger partial charge is 0.245 e. The van der Waals surface area contributed by atoms with Crippen LogP contribution in [0.5, 0.6) is 0 Å². The van der Waals surface area contributed by atoms with Crippen LogP contribution in [-0.4, -0.2) is 20.0 Å². The molecule has 5 heteroatoms. The first-order valence-corrected chi connectivity index (χ1v) is 12.8. The second kappa shape index (κ2) is 10.0. The molecule has 0 saturated carbocycles. The van der Waals surface area contributed by atoms with Crippen LogP contribution >= 0.6 is 11.3 Å². The summed E-state index contributed by atoms with van der Waals surface area (Å²) in [7, 11) is 0. The molecule has 0 spiro atoms. The van der Waals surface area contributed by atoms with Gasteiger partial charge in [-0.1, -0.05) is 76.2 Å².